The molecule has 3 N–H and O–H groups in total. The first-order valence-corrected chi connectivity index (χ1v) is 15.0. The van der Waals surface area contributed by atoms with E-state index in [1.807, 2.05) is 42.8 Å². The van der Waals surface area contributed by atoms with Gasteiger partial charge in [-0.3, -0.25) is 14.2 Å². The Labute approximate surface area is 240 Å². The third kappa shape index (κ3) is 4.90. The Balaban J connectivity index is 0.000000161. The molecule has 0 fully saturated rings. The van der Waals surface area contributed by atoms with Crippen molar-refractivity contribution in [2.75, 3.05) is 13.2 Å². The first-order chi connectivity index (χ1) is 19.3. The number of aryl methyl sites for hydroxylation is 4. The highest BCUT2D eigenvalue weighted by molar-refractivity contribution is 7.17. The standard InChI is InChI=1S/C14H17N3O2S.C14H16N2O3S/c1-3-6-19-14-10-9(12(20-14)13(15)18)5-4-8-7-16-17(2)11(8)10;1-3-6-19-14-10-9(12(20-14)13(17)18)5-4-8-7-15-16(2)11(8)10/h7H,3-6H2,1-2H3,(H2,15,18);7H,3-6H2,1-2H3,(H,17,18). The number of hydrogen-bond acceptors (Lipinski definition) is 8. The van der Waals surface area contributed by atoms with Crippen molar-refractivity contribution in [3.63, 3.8) is 0 Å². The molecule has 0 unspecified atom stereocenters. The van der Waals surface area contributed by atoms with E-state index in [-0.39, 0.29) is 5.91 Å². The number of carbonyl (C=O) groups is 2. The predicted molar refractivity (Wildman–Crippen MR) is 155 cm³/mol. The van der Waals surface area contributed by atoms with Gasteiger partial charge in [-0.25, -0.2) is 4.79 Å². The number of nitrogens with two attached hydrogens (primary N) is 1. The lowest BCUT2D eigenvalue weighted by atomic mass is 9.91. The number of carbonyl (C=O) groups excluding carboxylic acids is 1. The molecule has 2 aliphatic carbocycles. The molecular formula is C28H33N5O5S2. The Morgan fingerprint density at radius 1 is 0.850 bits per heavy atom. The maximum absolute atomic E-state index is 11.6. The highest BCUT2D eigenvalue weighted by atomic mass is 32.1. The van der Waals surface area contributed by atoms with Crippen LogP contribution in [0.1, 0.15) is 68.3 Å². The van der Waals surface area contributed by atoms with E-state index in [0.29, 0.717) is 28.0 Å². The van der Waals surface area contributed by atoms with Gasteiger partial charge in [-0.2, -0.15) is 10.2 Å². The molecule has 0 saturated heterocycles. The van der Waals surface area contributed by atoms with Crippen molar-refractivity contribution >= 4 is 34.6 Å². The number of amides is 1. The number of nitrogens with zero attached hydrogens (tertiary/aromatic N) is 4. The third-order valence-electron chi connectivity index (χ3n) is 7.03. The fourth-order valence-electron chi connectivity index (χ4n) is 5.30. The van der Waals surface area contributed by atoms with Crippen LogP contribution >= 0.6 is 22.7 Å². The maximum Gasteiger partial charge on any atom is 0.346 e. The molecule has 2 aliphatic rings. The van der Waals surface area contributed by atoms with Crippen molar-refractivity contribution in [2.24, 2.45) is 19.8 Å². The minimum Gasteiger partial charge on any atom is -0.483 e. The summed E-state index contributed by atoms with van der Waals surface area (Å²) in [5.74, 6) is -1.24. The normalized spacial score (nSPS) is 12.9. The van der Waals surface area contributed by atoms with Gasteiger partial charge in [0.2, 0.25) is 0 Å². The number of ether oxygens (including phenoxy) is 2. The number of rotatable bonds is 8. The van der Waals surface area contributed by atoms with E-state index < -0.39 is 5.97 Å². The minimum absolute atomic E-state index is 0.372. The zero-order valence-corrected chi connectivity index (χ0v) is 24.7. The van der Waals surface area contributed by atoms with Gasteiger partial charge in [-0.1, -0.05) is 36.5 Å². The van der Waals surface area contributed by atoms with Crippen molar-refractivity contribution in [1.29, 1.82) is 0 Å². The summed E-state index contributed by atoms with van der Waals surface area (Å²) >= 11 is 2.60. The van der Waals surface area contributed by atoms with E-state index in [1.165, 1.54) is 28.2 Å². The number of carboxylic acids is 1. The smallest absolute Gasteiger partial charge is 0.346 e. The Morgan fingerprint density at radius 2 is 1.30 bits per heavy atom. The Kier molecular flexibility index (Phi) is 7.99. The molecule has 0 aromatic carbocycles. The lowest BCUT2D eigenvalue weighted by molar-refractivity contribution is 0.0700. The minimum atomic E-state index is -0.872. The molecule has 40 heavy (non-hydrogen) atoms. The van der Waals surface area contributed by atoms with Gasteiger partial charge in [-0.15, -0.1) is 0 Å². The number of carboxylic acid groups (broad SMARTS) is 1. The van der Waals surface area contributed by atoms with Crippen LogP contribution in [0, 0.1) is 0 Å². The van der Waals surface area contributed by atoms with E-state index in [2.05, 4.69) is 17.1 Å². The van der Waals surface area contributed by atoms with E-state index in [0.717, 1.165) is 82.8 Å². The molecule has 0 saturated carbocycles. The quantitative estimate of drug-likeness (QED) is 0.302. The van der Waals surface area contributed by atoms with Crippen LogP contribution in [0.5, 0.6) is 10.1 Å². The highest BCUT2D eigenvalue weighted by Gasteiger charge is 2.32. The summed E-state index contributed by atoms with van der Waals surface area (Å²) in [5.41, 5.74) is 13.8. The molecule has 0 bridgehead atoms. The topological polar surface area (TPSA) is 134 Å². The second-order valence-corrected chi connectivity index (χ2v) is 11.8. The number of aromatic carboxylic acids is 1. The first-order valence-electron chi connectivity index (χ1n) is 13.4. The highest BCUT2D eigenvalue weighted by Crippen LogP contribution is 2.48. The van der Waals surface area contributed by atoms with E-state index in [9.17, 15) is 14.7 Å². The summed E-state index contributed by atoms with van der Waals surface area (Å²) in [6.45, 7) is 5.33. The average Bonchev–Trinajstić information content (AvgIpc) is 3.69. The summed E-state index contributed by atoms with van der Waals surface area (Å²) in [4.78, 5) is 24.1. The zero-order chi connectivity index (χ0) is 28.6. The monoisotopic (exact) mass is 583 g/mol. The van der Waals surface area contributed by atoms with Gasteiger partial charge in [0.25, 0.3) is 5.91 Å². The van der Waals surface area contributed by atoms with E-state index in [1.54, 1.807) is 0 Å². The fourth-order valence-corrected chi connectivity index (χ4v) is 7.44. The van der Waals surface area contributed by atoms with Gasteiger partial charge in [0.05, 0.1) is 53.0 Å². The van der Waals surface area contributed by atoms with Gasteiger partial charge < -0.3 is 20.3 Å². The van der Waals surface area contributed by atoms with E-state index in [4.69, 9.17) is 15.2 Å². The van der Waals surface area contributed by atoms with Crippen LogP contribution in [0.25, 0.3) is 22.5 Å². The molecule has 12 heteroatoms. The SMILES string of the molecule is CCCOc1sc(C(=O)O)c2c1-c1c(cnn1C)CC2.CCCOc1sc(C(N)=O)c2c1-c1c(cnn1C)CC2. The molecule has 212 valence electrons. The molecule has 0 aliphatic heterocycles. The number of fused-ring (bicyclic) bond motifs is 6. The van der Waals surface area contributed by atoms with Crippen molar-refractivity contribution < 1.29 is 24.2 Å². The van der Waals surface area contributed by atoms with Crippen LogP contribution in [0.2, 0.25) is 0 Å². The van der Waals surface area contributed by atoms with Crippen LogP contribution in [0.4, 0.5) is 0 Å². The van der Waals surface area contributed by atoms with Crippen LogP contribution in [-0.2, 0) is 39.8 Å². The molecule has 6 rings (SSSR count). The molecule has 4 aromatic heterocycles. The van der Waals surface area contributed by atoms with Crippen molar-refractivity contribution in [3.05, 3.63) is 44.4 Å². The Bertz CT molecular complexity index is 1460. The Morgan fingerprint density at radius 3 is 1.73 bits per heavy atom. The lowest BCUT2D eigenvalue weighted by Gasteiger charge is -2.16. The summed E-state index contributed by atoms with van der Waals surface area (Å²) in [6, 6.07) is 0. The molecule has 4 aromatic rings. The number of thiophene rings is 2. The van der Waals surface area contributed by atoms with Crippen LogP contribution in [0.15, 0.2) is 12.4 Å². The Hall–Kier alpha value is -3.64. The number of hydrogen-bond donors (Lipinski definition) is 2. The molecular weight excluding hydrogens is 550 g/mol. The van der Waals surface area contributed by atoms with Crippen LogP contribution in [-0.4, -0.2) is 49.8 Å². The second-order valence-electron chi connectivity index (χ2n) is 9.79. The van der Waals surface area contributed by atoms with Gasteiger partial charge in [0, 0.05) is 14.1 Å². The predicted octanol–water partition coefficient (Wildman–Crippen LogP) is 4.87. The van der Waals surface area contributed by atoms with Crippen molar-refractivity contribution in [3.8, 4) is 32.6 Å². The van der Waals surface area contributed by atoms with Gasteiger partial charge in [0.15, 0.2) is 10.1 Å². The second kappa shape index (κ2) is 11.5. The zero-order valence-electron chi connectivity index (χ0n) is 23.1. The average molecular weight is 584 g/mol. The van der Waals surface area contributed by atoms with Gasteiger partial charge in [-0.05, 0) is 60.8 Å². The van der Waals surface area contributed by atoms with E-state index >= 15 is 0 Å². The molecule has 0 radical (unpaired) electrons. The van der Waals surface area contributed by atoms with Gasteiger partial charge >= 0.3 is 5.97 Å². The lowest BCUT2D eigenvalue weighted by Crippen LogP contribution is -2.13. The fraction of sp³-hybridized carbons (Fsp3) is 0.429. The van der Waals surface area contributed by atoms with Crippen LogP contribution < -0.4 is 15.2 Å². The molecule has 0 atom stereocenters. The summed E-state index contributed by atoms with van der Waals surface area (Å²) in [5, 5.41) is 19.5. The van der Waals surface area contributed by atoms with Crippen molar-refractivity contribution in [2.45, 2.75) is 52.4 Å². The van der Waals surface area contributed by atoms with Crippen LogP contribution in [0.3, 0.4) is 0 Å². The molecule has 10 nitrogen and oxygen atoms in total. The number of primary amides is 1. The molecule has 4 heterocycles. The molecule has 1 amide bonds. The largest absolute Gasteiger partial charge is 0.483 e. The maximum atomic E-state index is 11.6. The van der Waals surface area contributed by atoms with Crippen molar-refractivity contribution in [1.82, 2.24) is 19.6 Å². The number of aromatic nitrogens is 4. The third-order valence-corrected chi connectivity index (χ3v) is 9.33. The first kappa shape index (κ1) is 27.9. The summed E-state index contributed by atoms with van der Waals surface area (Å²) in [6.07, 6.45) is 8.86. The molecule has 0 spiro atoms. The summed E-state index contributed by atoms with van der Waals surface area (Å²) in [7, 11) is 3.80. The summed E-state index contributed by atoms with van der Waals surface area (Å²) < 4.78 is 15.3. The van der Waals surface area contributed by atoms with Gasteiger partial charge in [0.1, 0.15) is 4.88 Å².